The Morgan fingerprint density at radius 3 is 2.39 bits per heavy atom. The third-order valence-electron chi connectivity index (χ3n) is 5.15. The van der Waals surface area contributed by atoms with Crippen LogP contribution in [0, 0.1) is 12.8 Å². The fourth-order valence-electron chi connectivity index (χ4n) is 3.25. The number of nitrogens with zero attached hydrogens (tertiary/aromatic N) is 3. The van der Waals surface area contributed by atoms with E-state index in [0.717, 1.165) is 29.8 Å². The van der Waals surface area contributed by atoms with E-state index in [-0.39, 0.29) is 30.3 Å². The first-order valence-corrected chi connectivity index (χ1v) is 10.9. The zero-order valence-corrected chi connectivity index (χ0v) is 19.2. The van der Waals surface area contributed by atoms with E-state index in [1.807, 2.05) is 65.8 Å². The molecule has 1 fully saturated rings. The summed E-state index contributed by atoms with van der Waals surface area (Å²) in [4.78, 5) is 25.1. The number of ether oxygens (including phenoxy) is 1. The van der Waals surface area contributed by atoms with Crippen LogP contribution in [-0.4, -0.2) is 45.2 Å². The fraction of sp³-hybridized carbons (Fsp3) is 0.565. The van der Waals surface area contributed by atoms with Gasteiger partial charge in [0.25, 0.3) is 5.91 Å². The lowest BCUT2D eigenvalue weighted by Crippen LogP contribution is -2.48. The standard InChI is InChI=1S/C23H33N5O3/c1-14(2)18(25-22(30)31-23(4,5)6)13-24-21(29)19-20(16-9-10-16)28(27-26-19)17-11-7-15(3)8-12-17/h7-8,11-12,14,16,18H,9-10,13H2,1-6H3,(H,24,29)(H,25,30). The molecule has 0 saturated heterocycles. The smallest absolute Gasteiger partial charge is 0.407 e. The predicted molar refractivity (Wildman–Crippen MR) is 118 cm³/mol. The molecule has 8 heteroatoms. The first-order valence-electron chi connectivity index (χ1n) is 10.9. The lowest BCUT2D eigenvalue weighted by molar-refractivity contribution is 0.0487. The quantitative estimate of drug-likeness (QED) is 0.702. The van der Waals surface area contributed by atoms with Crippen LogP contribution in [0.5, 0.6) is 0 Å². The van der Waals surface area contributed by atoms with Crippen molar-refractivity contribution in [3.05, 3.63) is 41.2 Å². The number of carbonyl (C=O) groups excluding carboxylic acids is 2. The number of aryl methyl sites for hydroxylation is 1. The van der Waals surface area contributed by atoms with Gasteiger partial charge < -0.3 is 15.4 Å². The molecule has 2 aromatic rings. The normalized spacial score (nSPS) is 14.9. The Kier molecular flexibility index (Phi) is 6.67. The van der Waals surface area contributed by atoms with Gasteiger partial charge in [-0.25, -0.2) is 9.48 Å². The van der Waals surface area contributed by atoms with Crippen molar-refractivity contribution in [1.82, 2.24) is 25.6 Å². The molecule has 3 rings (SSSR count). The molecule has 8 nitrogen and oxygen atoms in total. The lowest BCUT2D eigenvalue weighted by Gasteiger charge is -2.26. The third-order valence-corrected chi connectivity index (χ3v) is 5.15. The molecular formula is C23H33N5O3. The van der Waals surface area contributed by atoms with E-state index in [2.05, 4.69) is 20.9 Å². The second-order valence-corrected chi connectivity index (χ2v) is 9.55. The van der Waals surface area contributed by atoms with Crippen LogP contribution < -0.4 is 10.6 Å². The summed E-state index contributed by atoms with van der Waals surface area (Å²) >= 11 is 0. The molecule has 1 saturated carbocycles. The van der Waals surface area contributed by atoms with Crippen molar-refractivity contribution in [3.63, 3.8) is 0 Å². The number of carbonyl (C=O) groups is 2. The van der Waals surface area contributed by atoms with Gasteiger partial charge in [0.05, 0.1) is 17.4 Å². The molecule has 0 aliphatic heterocycles. The molecule has 168 valence electrons. The topological polar surface area (TPSA) is 98.1 Å². The summed E-state index contributed by atoms with van der Waals surface area (Å²) in [6, 6.07) is 7.73. The Hall–Kier alpha value is -2.90. The molecule has 1 unspecified atom stereocenters. The predicted octanol–water partition coefficient (Wildman–Crippen LogP) is 3.73. The number of nitrogens with one attached hydrogen (secondary N) is 2. The lowest BCUT2D eigenvalue weighted by atomic mass is 10.0. The van der Waals surface area contributed by atoms with Crippen LogP contribution in [-0.2, 0) is 4.74 Å². The molecule has 2 N–H and O–H groups in total. The van der Waals surface area contributed by atoms with Gasteiger partial charge in [-0.2, -0.15) is 0 Å². The maximum absolute atomic E-state index is 13.0. The molecule has 0 radical (unpaired) electrons. The number of alkyl carbamates (subject to hydrolysis) is 1. The van der Waals surface area contributed by atoms with Gasteiger partial charge in [0.2, 0.25) is 0 Å². The van der Waals surface area contributed by atoms with Crippen LogP contribution in [0.1, 0.15) is 75.1 Å². The highest BCUT2D eigenvalue weighted by Crippen LogP contribution is 2.41. The summed E-state index contributed by atoms with van der Waals surface area (Å²) < 4.78 is 7.11. The van der Waals surface area contributed by atoms with Crippen molar-refractivity contribution in [2.75, 3.05) is 6.54 Å². The first kappa shape index (κ1) is 22.8. The van der Waals surface area contributed by atoms with Gasteiger partial charge in [0.1, 0.15) is 5.60 Å². The number of benzene rings is 1. The molecule has 31 heavy (non-hydrogen) atoms. The van der Waals surface area contributed by atoms with Crippen molar-refractivity contribution in [2.45, 2.75) is 71.9 Å². The average molecular weight is 428 g/mol. The van der Waals surface area contributed by atoms with Gasteiger partial charge in [-0.05, 0) is 58.6 Å². The van der Waals surface area contributed by atoms with Crippen LogP contribution in [0.2, 0.25) is 0 Å². The summed E-state index contributed by atoms with van der Waals surface area (Å²) in [5.41, 5.74) is 2.67. The van der Waals surface area contributed by atoms with E-state index >= 15 is 0 Å². The van der Waals surface area contributed by atoms with E-state index in [4.69, 9.17) is 4.74 Å². The van der Waals surface area contributed by atoms with Crippen LogP contribution in [0.25, 0.3) is 5.69 Å². The zero-order valence-electron chi connectivity index (χ0n) is 19.2. The molecule has 1 aromatic carbocycles. The summed E-state index contributed by atoms with van der Waals surface area (Å²) in [6.45, 7) is 11.7. The highest BCUT2D eigenvalue weighted by Gasteiger charge is 2.34. The summed E-state index contributed by atoms with van der Waals surface area (Å²) in [7, 11) is 0. The summed E-state index contributed by atoms with van der Waals surface area (Å²) in [5, 5.41) is 14.2. The van der Waals surface area contributed by atoms with E-state index in [1.165, 1.54) is 0 Å². The van der Waals surface area contributed by atoms with E-state index in [1.54, 1.807) is 4.68 Å². The Morgan fingerprint density at radius 2 is 1.84 bits per heavy atom. The minimum Gasteiger partial charge on any atom is -0.444 e. The molecule has 1 atom stereocenters. The maximum Gasteiger partial charge on any atom is 0.407 e. The molecule has 0 spiro atoms. The monoisotopic (exact) mass is 427 g/mol. The Balaban J connectivity index is 1.71. The first-order chi connectivity index (χ1) is 14.5. The van der Waals surface area contributed by atoms with E-state index < -0.39 is 11.7 Å². The number of amides is 2. The number of hydrogen-bond acceptors (Lipinski definition) is 5. The maximum atomic E-state index is 13.0. The summed E-state index contributed by atoms with van der Waals surface area (Å²) in [6.07, 6.45) is 1.55. The number of hydrogen-bond donors (Lipinski definition) is 2. The van der Waals surface area contributed by atoms with Crippen molar-refractivity contribution >= 4 is 12.0 Å². The Morgan fingerprint density at radius 1 is 1.19 bits per heavy atom. The molecule has 1 heterocycles. The van der Waals surface area contributed by atoms with Crippen LogP contribution in [0.15, 0.2) is 24.3 Å². The van der Waals surface area contributed by atoms with Gasteiger partial charge in [0.15, 0.2) is 5.69 Å². The average Bonchev–Trinajstić information content (AvgIpc) is 3.42. The SMILES string of the molecule is Cc1ccc(-n2nnc(C(=O)NCC(NC(=O)OC(C)(C)C)C(C)C)c2C2CC2)cc1. The van der Waals surface area contributed by atoms with Gasteiger partial charge in [0, 0.05) is 12.5 Å². The summed E-state index contributed by atoms with van der Waals surface area (Å²) in [5.74, 6) is 0.119. The highest BCUT2D eigenvalue weighted by atomic mass is 16.6. The van der Waals surface area contributed by atoms with Crippen molar-refractivity contribution in [1.29, 1.82) is 0 Å². The van der Waals surface area contributed by atoms with E-state index in [9.17, 15) is 9.59 Å². The Bertz CT molecular complexity index is 924. The van der Waals surface area contributed by atoms with Crippen molar-refractivity contribution in [2.24, 2.45) is 5.92 Å². The highest BCUT2D eigenvalue weighted by molar-refractivity contribution is 5.93. The minimum atomic E-state index is -0.581. The van der Waals surface area contributed by atoms with Crippen LogP contribution in [0.4, 0.5) is 4.79 Å². The molecule has 0 bridgehead atoms. The molecular weight excluding hydrogens is 394 g/mol. The van der Waals surface area contributed by atoms with E-state index in [0.29, 0.717) is 5.69 Å². The van der Waals surface area contributed by atoms with Gasteiger partial charge in [-0.3, -0.25) is 4.79 Å². The third kappa shape index (κ3) is 6.06. The largest absolute Gasteiger partial charge is 0.444 e. The van der Waals surface area contributed by atoms with Gasteiger partial charge >= 0.3 is 6.09 Å². The second-order valence-electron chi connectivity index (χ2n) is 9.55. The fourth-order valence-corrected chi connectivity index (χ4v) is 3.25. The van der Waals surface area contributed by atoms with Crippen molar-refractivity contribution < 1.29 is 14.3 Å². The van der Waals surface area contributed by atoms with Gasteiger partial charge in [-0.15, -0.1) is 5.10 Å². The van der Waals surface area contributed by atoms with Crippen molar-refractivity contribution in [3.8, 4) is 5.69 Å². The van der Waals surface area contributed by atoms with Gasteiger partial charge in [-0.1, -0.05) is 36.8 Å². The minimum absolute atomic E-state index is 0.110. The second kappa shape index (κ2) is 9.08. The molecule has 1 aromatic heterocycles. The van der Waals surface area contributed by atoms with Crippen LogP contribution in [0.3, 0.4) is 0 Å². The Labute approximate surface area is 183 Å². The van der Waals surface area contributed by atoms with Crippen LogP contribution >= 0.6 is 0 Å². The molecule has 2 amide bonds. The number of rotatable bonds is 7. The zero-order chi connectivity index (χ0) is 22.8. The molecule has 1 aliphatic rings. The number of aromatic nitrogens is 3. The molecule has 1 aliphatic carbocycles.